The van der Waals surface area contributed by atoms with Gasteiger partial charge >= 0.3 is 5.97 Å². The van der Waals surface area contributed by atoms with Gasteiger partial charge in [-0.2, -0.15) is 11.3 Å². The summed E-state index contributed by atoms with van der Waals surface area (Å²) in [5.41, 5.74) is 2.95. The second-order valence-corrected chi connectivity index (χ2v) is 6.05. The summed E-state index contributed by atoms with van der Waals surface area (Å²) in [6.45, 7) is 0.998. The average molecular weight is 327 g/mol. The molecule has 0 aliphatic carbocycles. The van der Waals surface area contributed by atoms with Gasteiger partial charge < -0.3 is 9.64 Å². The molecule has 1 aromatic heterocycles. The van der Waals surface area contributed by atoms with Gasteiger partial charge in [0.2, 0.25) is 0 Å². The van der Waals surface area contributed by atoms with E-state index < -0.39 is 5.97 Å². The van der Waals surface area contributed by atoms with Crippen LogP contribution in [-0.2, 0) is 9.53 Å². The molecule has 0 saturated carbocycles. The zero-order valence-electron chi connectivity index (χ0n) is 12.6. The van der Waals surface area contributed by atoms with Crippen LogP contribution in [0.4, 0.5) is 0 Å². The van der Waals surface area contributed by atoms with E-state index in [1.54, 1.807) is 21.7 Å². The first kappa shape index (κ1) is 15.5. The van der Waals surface area contributed by atoms with Crippen LogP contribution in [0, 0.1) is 0 Å². The lowest BCUT2D eigenvalue weighted by Gasteiger charge is -2.26. The van der Waals surface area contributed by atoms with Crippen LogP contribution < -0.4 is 0 Å². The van der Waals surface area contributed by atoms with Gasteiger partial charge in [0.05, 0.1) is 5.56 Å². The van der Waals surface area contributed by atoms with Crippen molar-refractivity contribution >= 4 is 28.8 Å². The molecule has 1 aliphatic heterocycles. The number of nitrogens with zero attached hydrogens (tertiary/aromatic N) is 1. The van der Waals surface area contributed by atoms with E-state index in [1.165, 1.54) is 22.5 Å². The minimum atomic E-state index is -0.447. The first-order chi connectivity index (χ1) is 11.2. The van der Waals surface area contributed by atoms with E-state index in [0.29, 0.717) is 18.7 Å². The van der Waals surface area contributed by atoms with Crippen LogP contribution in [0.3, 0.4) is 0 Å². The molecule has 2 heterocycles. The number of benzene rings is 1. The van der Waals surface area contributed by atoms with Crippen LogP contribution in [0.5, 0.6) is 0 Å². The van der Waals surface area contributed by atoms with Crippen LogP contribution in [0.1, 0.15) is 22.3 Å². The van der Waals surface area contributed by atoms with Crippen LogP contribution in [0.25, 0.3) is 5.57 Å². The molecule has 0 saturated heterocycles. The third-order valence-electron chi connectivity index (χ3n) is 3.79. The van der Waals surface area contributed by atoms with Crippen molar-refractivity contribution in [3.8, 4) is 0 Å². The second kappa shape index (κ2) is 7.24. The van der Waals surface area contributed by atoms with Crippen molar-refractivity contribution in [2.45, 2.75) is 6.42 Å². The lowest BCUT2D eigenvalue weighted by Crippen LogP contribution is -2.37. The zero-order chi connectivity index (χ0) is 16.1. The molecule has 5 heteroatoms. The van der Waals surface area contributed by atoms with Crippen molar-refractivity contribution in [3.63, 3.8) is 0 Å². The van der Waals surface area contributed by atoms with Crippen molar-refractivity contribution in [1.82, 2.24) is 4.90 Å². The van der Waals surface area contributed by atoms with Crippen LogP contribution in [0.15, 0.2) is 53.2 Å². The van der Waals surface area contributed by atoms with Crippen molar-refractivity contribution in [1.29, 1.82) is 0 Å². The lowest BCUT2D eigenvalue weighted by atomic mass is 10.00. The smallest absolute Gasteiger partial charge is 0.339 e. The molecule has 1 amide bonds. The monoisotopic (exact) mass is 327 g/mol. The zero-order valence-corrected chi connectivity index (χ0v) is 13.4. The number of hydrogen-bond acceptors (Lipinski definition) is 4. The fraction of sp³-hybridized carbons (Fsp3) is 0.222. The number of esters is 1. The summed E-state index contributed by atoms with van der Waals surface area (Å²) < 4.78 is 5.07. The normalized spacial score (nSPS) is 14.3. The Bertz CT molecular complexity index is 707. The van der Waals surface area contributed by atoms with E-state index in [1.807, 2.05) is 18.2 Å². The summed E-state index contributed by atoms with van der Waals surface area (Å²) in [5.74, 6) is -0.603. The van der Waals surface area contributed by atoms with Gasteiger partial charge in [0, 0.05) is 18.5 Å². The molecule has 0 fully saturated rings. The summed E-state index contributed by atoms with van der Waals surface area (Å²) in [4.78, 5) is 25.6. The Morgan fingerprint density at radius 3 is 2.65 bits per heavy atom. The molecular formula is C18H17NO3S. The van der Waals surface area contributed by atoms with Crippen molar-refractivity contribution in [3.05, 3.63) is 64.4 Å². The molecular weight excluding hydrogens is 310 g/mol. The third kappa shape index (κ3) is 3.87. The Kier molecular flexibility index (Phi) is 4.88. The molecule has 0 radical (unpaired) electrons. The number of hydrogen-bond donors (Lipinski definition) is 0. The molecule has 118 valence electrons. The summed E-state index contributed by atoms with van der Waals surface area (Å²) in [5, 5.41) is 3.52. The first-order valence-electron chi connectivity index (χ1n) is 7.45. The van der Waals surface area contributed by atoms with E-state index in [4.69, 9.17) is 4.74 Å². The molecule has 23 heavy (non-hydrogen) atoms. The molecule has 3 rings (SSSR count). The number of carbonyl (C=O) groups excluding carboxylic acids is 2. The van der Waals surface area contributed by atoms with Gasteiger partial charge in [-0.05, 0) is 29.0 Å². The minimum absolute atomic E-state index is 0.156. The lowest BCUT2D eigenvalue weighted by molar-refractivity contribution is -0.134. The topological polar surface area (TPSA) is 46.6 Å². The highest BCUT2D eigenvalue weighted by molar-refractivity contribution is 7.08. The Morgan fingerprint density at radius 1 is 1.17 bits per heavy atom. The molecule has 1 aromatic carbocycles. The fourth-order valence-electron chi connectivity index (χ4n) is 2.49. The SMILES string of the molecule is O=C(OCC(=O)N1CC=C(c2ccccc2)CC1)c1ccsc1. The molecule has 0 spiro atoms. The Balaban J connectivity index is 1.52. The predicted octanol–water partition coefficient (Wildman–Crippen LogP) is 3.22. The average Bonchev–Trinajstić information content (AvgIpc) is 3.15. The summed E-state index contributed by atoms with van der Waals surface area (Å²) >= 11 is 1.42. The van der Waals surface area contributed by atoms with Crippen LogP contribution >= 0.6 is 11.3 Å². The predicted molar refractivity (Wildman–Crippen MR) is 90.2 cm³/mol. The molecule has 2 aromatic rings. The number of ether oxygens (including phenoxy) is 1. The maximum absolute atomic E-state index is 12.1. The van der Waals surface area contributed by atoms with Crippen molar-refractivity contribution in [2.75, 3.05) is 19.7 Å². The van der Waals surface area contributed by atoms with Crippen LogP contribution in [0.2, 0.25) is 0 Å². The van der Waals surface area contributed by atoms with E-state index >= 15 is 0 Å². The maximum Gasteiger partial charge on any atom is 0.339 e. The Hall–Kier alpha value is -2.40. The van der Waals surface area contributed by atoms with E-state index in [0.717, 1.165) is 6.42 Å². The summed E-state index contributed by atoms with van der Waals surface area (Å²) in [6, 6.07) is 11.9. The second-order valence-electron chi connectivity index (χ2n) is 5.27. The van der Waals surface area contributed by atoms with Crippen molar-refractivity contribution in [2.24, 2.45) is 0 Å². The highest BCUT2D eigenvalue weighted by atomic mass is 32.1. The molecule has 0 unspecified atom stereocenters. The van der Waals surface area contributed by atoms with Gasteiger partial charge in [-0.3, -0.25) is 4.79 Å². The highest BCUT2D eigenvalue weighted by Gasteiger charge is 2.19. The number of carbonyl (C=O) groups is 2. The Morgan fingerprint density at radius 2 is 2.00 bits per heavy atom. The number of rotatable bonds is 4. The summed E-state index contributed by atoms with van der Waals surface area (Å²) in [7, 11) is 0. The van der Waals surface area contributed by atoms with Crippen LogP contribution in [-0.4, -0.2) is 36.5 Å². The summed E-state index contributed by atoms with van der Waals surface area (Å²) in [6.07, 6.45) is 2.88. The molecule has 1 aliphatic rings. The van der Waals surface area contributed by atoms with E-state index in [2.05, 4.69) is 18.2 Å². The Labute approximate surface area is 139 Å². The number of thiophene rings is 1. The van der Waals surface area contributed by atoms with Gasteiger partial charge in [0.1, 0.15) is 0 Å². The largest absolute Gasteiger partial charge is 0.452 e. The minimum Gasteiger partial charge on any atom is -0.452 e. The van der Waals surface area contributed by atoms with Gasteiger partial charge in [0.25, 0.3) is 5.91 Å². The third-order valence-corrected chi connectivity index (χ3v) is 4.47. The molecule has 4 nitrogen and oxygen atoms in total. The van der Waals surface area contributed by atoms with Gasteiger partial charge in [0.15, 0.2) is 6.61 Å². The standard InChI is InChI=1S/C18H17NO3S/c20-17(12-22-18(21)16-8-11-23-13-16)19-9-6-15(7-10-19)14-4-2-1-3-5-14/h1-6,8,11,13H,7,9-10,12H2. The fourth-order valence-corrected chi connectivity index (χ4v) is 3.12. The number of amides is 1. The quantitative estimate of drug-likeness (QED) is 0.810. The first-order valence-corrected chi connectivity index (χ1v) is 8.40. The van der Waals surface area contributed by atoms with Gasteiger partial charge in [-0.1, -0.05) is 36.4 Å². The maximum atomic E-state index is 12.1. The van der Waals surface area contributed by atoms with E-state index in [-0.39, 0.29) is 12.5 Å². The van der Waals surface area contributed by atoms with Crippen molar-refractivity contribution < 1.29 is 14.3 Å². The van der Waals surface area contributed by atoms with Gasteiger partial charge in [-0.25, -0.2) is 4.79 Å². The molecule has 0 atom stereocenters. The van der Waals surface area contributed by atoms with Gasteiger partial charge in [-0.15, -0.1) is 0 Å². The molecule has 0 N–H and O–H groups in total. The van der Waals surface area contributed by atoms with E-state index in [9.17, 15) is 9.59 Å². The molecule has 0 bridgehead atoms. The highest BCUT2D eigenvalue weighted by Crippen LogP contribution is 2.22.